The van der Waals surface area contributed by atoms with Crippen molar-refractivity contribution in [3.63, 3.8) is 0 Å². The van der Waals surface area contributed by atoms with E-state index in [1.165, 1.54) is 5.56 Å². The topological polar surface area (TPSA) is 66.8 Å². The fourth-order valence-corrected chi connectivity index (χ4v) is 5.70. The van der Waals surface area contributed by atoms with Crippen LogP contribution in [0.25, 0.3) is 10.9 Å². The van der Waals surface area contributed by atoms with Crippen LogP contribution in [0.3, 0.4) is 0 Å². The lowest BCUT2D eigenvalue weighted by atomic mass is 9.87. The van der Waals surface area contributed by atoms with Crippen molar-refractivity contribution < 1.29 is 18.8 Å². The largest absolute Gasteiger partial charge is 0.612 e. The summed E-state index contributed by atoms with van der Waals surface area (Å²) in [6, 6.07) is 12.5. The molecule has 1 saturated heterocycles. The molecule has 0 N–H and O–H groups in total. The molecule has 36 heavy (non-hydrogen) atoms. The van der Waals surface area contributed by atoms with E-state index in [0.29, 0.717) is 12.5 Å². The maximum absolute atomic E-state index is 13.0. The Labute approximate surface area is 217 Å². The normalized spacial score (nSPS) is 19.9. The van der Waals surface area contributed by atoms with Gasteiger partial charge in [-0.2, -0.15) is 0 Å². The summed E-state index contributed by atoms with van der Waals surface area (Å²) in [4.78, 5) is 16.3. The summed E-state index contributed by atoms with van der Waals surface area (Å²) in [5.41, 5.74) is 3.56. The fraction of sp³-hybridized carbons (Fsp3) is 0.483. The van der Waals surface area contributed by atoms with Crippen molar-refractivity contribution in [3.8, 4) is 5.75 Å². The number of rotatable bonds is 5. The van der Waals surface area contributed by atoms with E-state index in [9.17, 15) is 9.35 Å². The van der Waals surface area contributed by atoms with Gasteiger partial charge in [-0.25, -0.2) is 4.79 Å². The average Bonchev–Trinajstić information content (AvgIpc) is 3.27. The Morgan fingerprint density at radius 1 is 1.19 bits per heavy atom. The van der Waals surface area contributed by atoms with Crippen molar-refractivity contribution in [1.82, 2.24) is 9.47 Å². The molecule has 194 valence electrons. The fourth-order valence-electron chi connectivity index (χ4n) is 5.18. The molecule has 2 heterocycles. The van der Waals surface area contributed by atoms with E-state index >= 15 is 0 Å². The molecule has 0 amide bonds. The molecule has 2 aromatic carbocycles. The number of aromatic nitrogens is 1. The summed E-state index contributed by atoms with van der Waals surface area (Å²) in [6.07, 6.45) is 5.32. The highest BCUT2D eigenvalue weighted by Crippen LogP contribution is 2.39. The van der Waals surface area contributed by atoms with Crippen LogP contribution in [0.2, 0.25) is 0 Å². The van der Waals surface area contributed by atoms with E-state index in [2.05, 4.69) is 24.0 Å². The molecule has 1 unspecified atom stereocenters. The molecular formula is C29H38N2O4S. The summed E-state index contributed by atoms with van der Waals surface area (Å²) in [5, 5.41) is 1.01. The first-order valence-electron chi connectivity index (χ1n) is 12.6. The average molecular weight is 511 g/mol. The highest BCUT2D eigenvalue weighted by Gasteiger charge is 2.30. The van der Waals surface area contributed by atoms with Crippen molar-refractivity contribution in [1.29, 1.82) is 0 Å². The van der Waals surface area contributed by atoms with Crippen molar-refractivity contribution >= 4 is 28.2 Å². The van der Waals surface area contributed by atoms with Crippen LogP contribution in [-0.2, 0) is 22.5 Å². The first kappa shape index (κ1) is 26.6. The standard InChI is InChI=1S/C29H38N2O4S/c1-19-12-14-30(25(16-19)21-8-10-22(11-9-21)36(7)33)18-24-23-13-15-31(28(32)35-29(3,4)5)27(23)20(2)17-26(24)34-6/h8-11,13,15,17,19,25H,12,14,16,18H2,1-7H3/t19-,25+,36?/m1/s1. The summed E-state index contributed by atoms with van der Waals surface area (Å²) in [7, 11) is 1.70. The first-order valence-corrected chi connectivity index (χ1v) is 14.1. The Morgan fingerprint density at radius 2 is 1.89 bits per heavy atom. The molecule has 7 heteroatoms. The van der Waals surface area contributed by atoms with Gasteiger partial charge in [-0.15, -0.1) is 0 Å². The number of likely N-dealkylation sites (tertiary alicyclic amines) is 1. The summed E-state index contributed by atoms with van der Waals surface area (Å²) in [5.74, 6) is 1.45. The lowest BCUT2D eigenvalue weighted by Gasteiger charge is -2.39. The minimum Gasteiger partial charge on any atom is -0.612 e. The number of fused-ring (bicyclic) bond motifs is 1. The molecule has 0 spiro atoms. The molecule has 3 atom stereocenters. The van der Waals surface area contributed by atoms with E-state index in [1.807, 2.05) is 52.0 Å². The molecule has 4 rings (SSSR count). The third-order valence-corrected chi connectivity index (χ3v) is 7.91. The molecule has 0 bridgehead atoms. The van der Waals surface area contributed by atoms with Gasteiger partial charge in [-0.05, 0) is 99.6 Å². The number of methoxy groups -OCH3 is 1. The Morgan fingerprint density at radius 3 is 2.50 bits per heavy atom. The number of hydrogen-bond donors (Lipinski definition) is 0. The van der Waals surface area contributed by atoms with E-state index in [-0.39, 0.29) is 12.1 Å². The number of hydrogen-bond acceptors (Lipinski definition) is 5. The van der Waals surface area contributed by atoms with Gasteiger partial charge in [0.2, 0.25) is 0 Å². The second-order valence-corrected chi connectivity index (χ2v) is 12.3. The predicted octanol–water partition coefficient (Wildman–Crippen LogP) is 6.45. The third kappa shape index (κ3) is 5.58. The Kier molecular flexibility index (Phi) is 7.74. The SMILES string of the molecule is COc1cc(C)c2c(ccn2C(=O)OC(C)(C)C)c1CN1CC[C@@H](C)C[C@H]1c1ccc([S+](C)[O-])cc1. The van der Waals surface area contributed by atoms with Crippen molar-refractivity contribution in [2.75, 3.05) is 19.9 Å². The van der Waals surface area contributed by atoms with Gasteiger partial charge in [0.1, 0.15) is 17.6 Å². The number of nitrogens with zero attached hydrogens (tertiary/aromatic N) is 2. The smallest absolute Gasteiger partial charge is 0.419 e. The van der Waals surface area contributed by atoms with Gasteiger partial charge < -0.3 is 14.0 Å². The minimum absolute atomic E-state index is 0.252. The minimum atomic E-state index is -0.990. The Bertz CT molecular complexity index is 1230. The van der Waals surface area contributed by atoms with Crippen LogP contribution in [0.5, 0.6) is 5.75 Å². The zero-order valence-electron chi connectivity index (χ0n) is 22.5. The van der Waals surface area contributed by atoms with Crippen LogP contribution in [0.1, 0.15) is 63.3 Å². The van der Waals surface area contributed by atoms with Crippen LogP contribution < -0.4 is 4.74 Å². The zero-order chi connectivity index (χ0) is 26.2. The molecule has 0 aliphatic carbocycles. The number of benzene rings is 2. The molecule has 1 aliphatic heterocycles. The second kappa shape index (κ2) is 10.5. The lowest BCUT2D eigenvalue weighted by molar-refractivity contribution is 0.0544. The van der Waals surface area contributed by atoms with Gasteiger partial charge in [0.15, 0.2) is 4.90 Å². The van der Waals surface area contributed by atoms with E-state index < -0.39 is 16.8 Å². The molecule has 1 fully saturated rings. The number of piperidine rings is 1. The number of aryl methyl sites for hydroxylation is 1. The van der Waals surface area contributed by atoms with Crippen LogP contribution >= 0.6 is 0 Å². The lowest BCUT2D eigenvalue weighted by Crippen LogP contribution is -2.36. The van der Waals surface area contributed by atoms with Crippen LogP contribution in [-0.4, -0.2) is 45.6 Å². The van der Waals surface area contributed by atoms with Crippen molar-refractivity contribution in [2.45, 2.75) is 70.5 Å². The Balaban J connectivity index is 1.73. The molecule has 1 aromatic heterocycles. The van der Waals surface area contributed by atoms with Gasteiger partial charge in [-0.1, -0.05) is 19.1 Å². The van der Waals surface area contributed by atoms with Crippen molar-refractivity contribution in [2.24, 2.45) is 5.92 Å². The van der Waals surface area contributed by atoms with Crippen molar-refractivity contribution in [3.05, 3.63) is 59.3 Å². The molecule has 1 aliphatic rings. The first-order chi connectivity index (χ1) is 17.0. The van der Waals surface area contributed by atoms with Gasteiger partial charge >= 0.3 is 6.09 Å². The van der Waals surface area contributed by atoms with Crippen LogP contribution in [0.4, 0.5) is 4.79 Å². The molecular weight excluding hydrogens is 472 g/mol. The van der Waals surface area contributed by atoms with Crippen LogP contribution in [0, 0.1) is 12.8 Å². The monoisotopic (exact) mass is 510 g/mol. The van der Waals surface area contributed by atoms with E-state index in [0.717, 1.165) is 52.1 Å². The molecule has 3 aromatic rings. The number of ether oxygens (including phenoxy) is 2. The molecule has 0 saturated carbocycles. The van der Waals surface area contributed by atoms with Crippen LogP contribution in [0.15, 0.2) is 47.5 Å². The van der Waals surface area contributed by atoms with Gasteiger partial charge in [0.25, 0.3) is 0 Å². The predicted molar refractivity (Wildman–Crippen MR) is 145 cm³/mol. The Hall–Kier alpha value is -2.48. The maximum atomic E-state index is 13.0. The highest BCUT2D eigenvalue weighted by atomic mass is 32.2. The number of carbonyl (C=O) groups excluding carboxylic acids is 1. The molecule has 0 radical (unpaired) electrons. The van der Waals surface area contributed by atoms with Gasteiger partial charge in [-0.3, -0.25) is 9.47 Å². The zero-order valence-corrected chi connectivity index (χ0v) is 23.3. The summed E-state index contributed by atoms with van der Waals surface area (Å²) in [6.45, 7) is 11.6. The third-order valence-electron chi connectivity index (χ3n) is 6.97. The van der Waals surface area contributed by atoms with Gasteiger partial charge in [0, 0.05) is 29.7 Å². The highest BCUT2D eigenvalue weighted by molar-refractivity contribution is 7.90. The quantitative estimate of drug-likeness (QED) is 0.369. The summed E-state index contributed by atoms with van der Waals surface area (Å²) < 4.78 is 25.0. The summed E-state index contributed by atoms with van der Waals surface area (Å²) >= 11 is -0.990. The van der Waals surface area contributed by atoms with E-state index in [4.69, 9.17) is 9.47 Å². The van der Waals surface area contributed by atoms with Gasteiger partial charge in [0.05, 0.1) is 12.6 Å². The number of carbonyl (C=O) groups is 1. The second-order valence-electron chi connectivity index (χ2n) is 10.9. The van der Waals surface area contributed by atoms with E-state index in [1.54, 1.807) is 24.1 Å². The maximum Gasteiger partial charge on any atom is 0.419 e. The molecule has 6 nitrogen and oxygen atoms in total.